The molecule has 1 amide bonds. The first-order chi connectivity index (χ1) is 16.2. The molecule has 1 saturated heterocycles. The van der Waals surface area contributed by atoms with Crippen LogP contribution in [0.2, 0.25) is 0 Å². The number of rotatable bonds is 6. The molecule has 5 rings (SSSR count). The fourth-order valence-electron chi connectivity index (χ4n) is 4.61. The molecule has 1 aliphatic heterocycles. The molecule has 0 unspecified atom stereocenters. The largest absolute Gasteiger partial charge is 0.352 e. The molecule has 1 fully saturated rings. The summed E-state index contributed by atoms with van der Waals surface area (Å²) in [6, 6.07) is 27.1. The van der Waals surface area contributed by atoms with Gasteiger partial charge in [0.05, 0.1) is 17.6 Å². The second-order valence-electron chi connectivity index (χ2n) is 8.94. The van der Waals surface area contributed by atoms with Crippen molar-refractivity contribution >= 4 is 22.9 Å². The molecule has 5 nitrogen and oxygen atoms in total. The summed E-state index contributed by atoms with van der Waals surface area (Å²) in [5, 5.41) is 3.12. The summed E-state index contributed by atoms with van der Waals surface area (Å²) < 4.78 is 2.32. The van der Waals surface area contributed by atoms with Crippen LogP contribution in [0.5, 0.6) is 0 Å². The van der Waals surface area contributed by atoms with Gasteiger partial charge in [0.15, 0.2) is 0 Å². The van der Waals surface area contributed by atoms with Crippen LogP contribution in [0.15, 0.2) is 78.9 Å². The number of imidazole rings is 1. The number of anilines is 1. The molecule has 0 aliphatic carbocycles. The summed E-state index contributed by atoms with van der Waals surface area (Å²) in [5.41, 5.74) is 5.83. The summed E-state index contributed by atoms with van der Waals surface area (Å²) in [6.07, 6.45) is 1.68. The van der Waals surface area contributed by atoms with E-state index >= 15 is 0 Å². The van der Waals surface area contributed by atoms with Crippen LogP contribution in [0.4, 0.5) is 5.95 Å². The monoisotopic (exact) mass is 438 g/mol. The molecule has 33 heavy (non-hydrogen) atoms. The van der Waals surface area contributed by atoms with Gasteiger partial charge >= 0.3 is 0 Å². The van der Waals surface area contributed by atoms with Crippen molar-refractivity contribution in [2.45, 2.75) is 32.9 Å². The SMILES string of the molecule is Cc1ccc(Cn2c(N3CCC(C(=O)NCc4ccccc4)CC3)nc3ccccc32)cc1. The number of piperidine rings is 1. The van der Waals surface area contributed by atoms with Gasteiger partial charge in [-0.1, -0.05) is 72.3 Å². The Morgan fingerprint density at radius 2 is 1.61 bits per heavy atom. The van der Waals surface area contributed by atoms with Gasteiger partial charge < -0.3 is 14.8 Å². The first-order valence-electron chi connectivity index (χ1n) is 11.7. The molecule has 0 spiro atoms. The third-order valence-corrected chi connectivity index (χ3v) is 6.55. The van der Waals surface area contributed by atoms with E-state index in [0.717, 1.165) is 55.0 Å². The number of fused-ring (bicyclic) bond motifs is 1. The number of amides is 1. The highest BCUT2D eigenvalue weighted by Gasteiger charge is 2.27. The maximum absolute atomic E-state index is 12.7. The van der Waals surface area contributed by atoms with Crippen LogP contribution in [0.25, 0.3) is 11.0 Å². The van der Waals surface area contributed by atoms with Gasteiger partial charge in [-0.15, -0.1) is 0 Å². The van der Waals surface area contributed by atoms with Crippen molar-refractivity contribution in [3.05, 3.63) is 95.6 Å². The minimum Gasteiger partial charge on any atom is -0.352 e. The molecule has 0 bridgehead atoms. The minimum atomic E-state index is 0.0555. The third-order valence-electron chi connectivity index (χ3n) is 6.55. The highest BCUT2D eigenvalue weighted by Crippen LogP contribution is 2.28. The maximum Gasteiger partial charge on any atom is 0.223 e. The Kier molecular flexibility index (Phi) is 6.11. The molecule has 3 aromatic carbocycles. The van der Waals surface area contributed by atoms with Gasteiger partial charge in [-0.05, 0) is 43.0 Å². The van der Waals surface area contributed by atoms with Gasteiger partial charge in [-0.3, -0.25) is 4.79 Å². The summed E-state index contributed by atoms with van der Waals surface area (Å²) >= 11 is 0. The zero-order valence-electron chi connectivity index (χ0n) is 19.1. The molecule has 0 atom stereocenters. The molecule has 0 radical (unpaired) electrons. The van der Waals surface area contributed by atoms with E-state index in [1.165, 1.54) is 11.1 Å². The second-order valence-corrected chi connectivity index (χ2v) is 8.94. The van der Waals surface area contributed by atoms with Crippen molar-refractivity contribution in [3.63, 3.8) is 0 Å². The zero-order chi connectivity index (χ0) is 22.6. The van der Waals surface area contributed by atoms with E-state index in [4.69, 9.17) is 4.98 Å². The van der Waals surface area contributed by atoms with Gasteiger partial charge in [0.25, 0.3) is 0 Å². The topological polar surface area (TPSA) is 50.2 Å². The normalized spacial score (nSPS) is 14.5. The van der Waals surface area contributed by atoms with Crippen molar-refractivity contribution in [1.82, 2.24) is 14.9 Å². The molecule has 1 aromatic heterocycles. The van der Waals surface area contributed by atoms with E-state index in [-0.39, 0.29) is 11.8 Å². The molecule has 0 saturated carbocycles. The fraction of sp³-hybridized carbons (Fsp3) is 0.286. The van der Waals surface area contributed by atoms with E-state index in [0.29, 0.717) is 6.54 Å². The number of para-hydroxylation sites is 2. The average Bonchev–Trinajstić information content (AvgIpc) is 3.23. The maximum atomic E-state index is 12.7. The lowest BCUT2D eigenvalue weighted by Gasteiger charge is -2.32. The van der Waals surface area contributed by atoms with Crippen molar-refractivity contribution in [2.75, 3.05) is 18.0 Å². The molecule has 1 aliphatic rings. The van der Waals surface area contributed by atoms with Crippen molar-refractivity contribution in [2.24, 2.45) is 5.92 Å². The molecule has 4 aromatic rings. The Morgan fingerprint density at radius 3 is 2.36 bits per heavy atom. The predicted molar refractivity (Wildman–Crippen MR) is 133 cm³/mol. The van der Waals surface area contributed by atoms with Gasteiger partial charge in [0.1, 0.15) is 0 Å². The second kappa shape index (κ2) is 9.49. The molecule has 1 N–H and O–H groups in total. The fourth-order valence-corrected chi connectivity index (χ4v) is 4.61. The summed E-state index contributed by atoms with van der Waals surface area (Å²) in [7, 11) is 0. The lowest BCUT2D eigenvalue weighted by molar-refractivity contribution is -0.125. The number of carbonyl (C=O) groups is 1. The van der Waals surface area contributed by atoms with E-state index in [2.05, 4.69) is 64.2 Å². The smallest absolute Gasteiger partial charge is 0.223 e. The van der Waals surface area contributed by atoms with Crippen LogP contribution >= 0.6 is 0 Å². The molecular formula is C28H30N4O. The predicted octanol–water partition coefficient (Wildman–Crippen LogP) is 4.93. The Hall–Kier alpha value is -3.60. The van der Waals surface area contributed by atoms with Crippen molar-refractivity contribution in [3.8, 4) is 0 Å². The van der Waals surface area contributed by atoms with Crippen LogP contribution in [0.1, 0.15) is 29.5 Å². The van der Waals surface area contributed by atoms with E-state index in [9.17, 15) is 4.79 Å². The van der Waals surface area contributed by atoms with E-state index in [1.807, 2.05) is 36.4 Å². The van der Waals surface area contributed by atoms with Crippen LogP contribution in [-0.2, 0) is 17.9 Å². The van der Waals surface area contributed by atoms with Crippen LogP contribution in [0, 0.1) is 12.8 Å². The molecule has 168 valence electrons. The van der Waals surface area contributed by atoms with Crippen LogP contribution in [-0.4, -0.2) is 28.5 Å². The van der Waals surface area contributed by atoms with Gasteiger partial charge in [-0.2, -0.15) is 0 Å². The number of nitrogens with one attached hydrogen (secondary N) is 1. The lowest BCUT2D eigenvalue weighted by Crippen LogP contribution is -2.41. The first kappa shape index (κ1) is 21.3. The number of aromatic nitrogens is 2. The highest BCUT2D eigenvalue weighted by molar-refractivity contribution is 5.80. The average molecular weight is 439 g/mol. The first-order valence-corrected chi connectivity index (χ1v) is 11.7. The summed E-state index contributed by atoms with van der Waals surface area (Å²) in [6.45, 7) is 5.16. The standard InChI is InChI=1S/C28H30N4O/c1-21-11-13-23(14-12-21)20-32-26-10-6-5-9-25(26)30-28(32)31-17-15-24(16-18-31)27(33)29-19-22-7-3-2-4-8-22/h2-14,24H,15-20H2,1H3,(H,29,33). The summed E-state index contributed by atoms with van der Waals surface area (Å²) in [5.74, 6) is 1.21. The van der Waals surface area contributed by atoms with Crippen LogP contribution in [0.3, 0.4) is 0 Å². The third kappa shape index (κ3) is 4.77. The number of carbonyl (C=O) groups excluding carboxylic acids is 1. The summed E-state index contributed by atoms with van der Waals surface area (Å²) in [4.78, 5) is 20.1. The lowest BCUT2D eigenvalue weighted by atomic mass is 9.96. The Bertz CT molecular complexity index is 1220. The number of aryl methyl sites for hydroxylation is 1. The van der Waals surface area contributed by atoms with Crippen LogP contribution < -0.4 is 10.2 Å². The van der Waals surface area contributed by atoms with Gasteiger partial charge in [0, 0.05) is 25.6 Å². The zero-order valence-corrected chi connectivity index (χ0v) is 19.1. The van der Waals surface area contributed by atoms with E-state index in [1.54, 1.807) is 0 Å². The molecular weight excluding hydrogens is 408 g/mol. The number of hydrogen-bond donors (Lipinski definition) is 1. The Balaban J connectivity index is 1.29. The van der Waals surface area contributed by atoms with Gasteiger partial charge in [0.2, 0.25) is 11.9 Å². The Labute approximate surface area is 195 Å². The van der Waals surface area contributed by atoms with Crippen molar-refractivity contribution < 1.29 is 4.79 Å². The molecule has 2 heterocycles. The van der Waals surface area contributed by atoms with Crippen molar-refractivity contribution in [1.29, 1.82) is 0 Å². The number of benzene rings is 3. The number of nitrogens with zero attached hydrogens (tertiary/aromatic N) is 3. The highest BCUT2D eigenvalue weighted by atomic mass is 16.1. The van der Waals surface area contributed by atoms with Gasteiger partial charge in [-0.25, -0.2) is 4.98 Å². The Morgan fingerprint density at radius 1 is 0.909 bits per heavy atom. The van der Waals surface area contributed by atoms with E-state index < -0.39 is 0 Å². The molecule has 5 heteroatoms. The minimum absolute atomic E-state index is 0.0555. The number of hydrogen-bond acceptors (Lipinski definition) is 3. The quantitative estimate of drug-likeness (QED) is 0.465.